The number of carbonyl (C=O) groups is 1. The lowest BCUT2D eigenvalue weighted by atomic mass is 10.1. The van der Waals surface area contributed by atoms with Crippen LogP contribution in [0.2, 0.25) is 0 Å². The zero-order valence-electron chi connectivity index (χ0n) is 13.7. The molecule has 0 saturated carbocycles. The van der Waals surface area contributed by atoms with Crippen LogP contribution in [0.4, 0.5) is 0 Å². The van der Waals surface area contributed by atoms with Gasteiger partial charge in [0.1, 0.15) is 5.69 Å². The van der Waals surface area contributed by atoms with Crippen LogP contribution in [0.5, 0.6) is 0 Å². The molecule has 2 aromatic heterocycles. The van der Waals surface area contributed by atoms with Crippen molar-refractivity contribution < 1.29 is 4.79 Å². The van der Waals surface area contributed by atoms with E-state index in [9.17, 15) is 4.79 Å². The predicted octanol–water partition coefficient (Wildman–Crippen LogP) is 2.24. The molecule has 3 rings (SSSR count). The minimum absolute atomic E-state index is 0.0516. The molecule has 6 heteroatoms. The maximum atomic E-state index is 12.5. The minimum atomic E-state index is -0.149. The van der Waals surface area contributed by atoms with Gasteiger partial charge in [-0.05, 0) is 13.0 Å². The Morgan fingerprint density at radius 3 is 2.75 bits per heavy atom. The molecule has 0 aliphatic rings. The first-order chi connectivity index (χ1) is 11.6. The van der Waals surface area contributed by atoms with E-state index in [1.807, 2.05) is 37.3 Å². The fourth-order valence-corrected chi connectivity index (χ4v) is 2.53. The van der Waals surface area contributed by atoms with Crippen molar-refractivity contribution in [3.05, 3.63) is 66.4 Å². The first-order valence-electron chi connectivity index (χ1n) is 7.78. The molecule has 0 bridgehead atoms. The molecule has 6 nitrogen and oxygen atoms in total. The van der Waals surface area contributed by atoms with Crippen molar-refractivity contribution in [1.29, 1.82) is 0 Å². The van der Waals surface area contributed by atoms with Gasteiger partial charge in [0, 0.05) is 43.7 Å². The number of rotatable bonds is 5. The van der Waals surface area contributed by atoms with E-state index in [2.05, 4.69) is 20.4 Å². The summed E-state index contributed by atoms with van der Waals surface area (Å²) in [6.07, 6.45) is 5.62. The molecule has 1 atom stereocenters. The van der Waals surface area contributed by atoms with Crippen LogP contribution in [0.25, 0.3) is 11.3 Å². The molecule has 0 aliphatic heterocycles. The Labute approximate surface area is 140 Å². The second-order valence-corrected chi connectivity index (χ2v) is 5.68. The highest BCUT2D eigenvalue weighted by atomic mass is 16.2. The van der Waals surface area contributed by atoms with Crippen molar-refractivity contribution in [2.24, 2.45) is 7.05 Å². The molecule has 2 heterocycles. The van der Waals surface area contributed by atoms with Crippen molar-refractivity contribution in [3.63, 3.8) is 0 Å². The lowest BCUT2D eigenvalue weighted by molar-refractivity contribution is 0.0930. The summed E-state index contributed by atoms with van der Waals surface area (Å²) in [6.45, 7) is 1.95. The van der Waals surface area contributed by atoms with Crippen molar-refractivity contribution in [3.8, 4) is 11.3 Å². The second-order valence-electron chi connectivity index (χ2n) is 5.68. The number of hydrogen-bond donors (Lipinski definition) is 1. The number of nitrogens with one attached hydrogen (secondary N) is 1. The fourth-order valence-electron chi connectivity index (χ4n) is 2.53. The van der Waals surface area contributed by atoms with E-state index in [4.69, 9.17) is 0 Å². The summed E-state index contributed by atoms with van der Waals surface area (Å²) in [7, 11) is 1.77. The zero-order chi connectivity index (χ0) is 16.9. The smallest absolute Gasteiger partial charge is 0.269 e. The van der Waals surface area contributed by atoms with Crippen LogP contribution < -0.4 is 5.32 Å². The molecule has 1 N–H and O–H groups in total. The molecule has 122 valence electrons. The van der Waals surface area contributed by atoms with E-state index < -0.39 is 0 Å². The van der Waals surface area contributed by atoms with Crippen LogP contribution in [0, 0.1) is 0 Å². The third-order valence-electron chi connectivity index (χ3n) is 3.69. The average Bonchev–Trinajstić information content (AvgIpc) is 2.98. The van der Waals surface area contributed by atoms with Crippen LogP contribution >= 0.6 is 0 Å². The van der Waals surface area contributed by atoms with Crippen LogP contribution in [0.15, 0.2) is 55.0 Å². The van der Waals surface area contributed by atoms with E-state index in [0.717, 1.165) is 17.0 Å². The number of aryl methyl sites for hydroxylation is 1. The Hall–Kier alpha value is -3.02. The van der Waals surface area contributed by atoms with Crippen molar-refractivity contribution >= 4 is 5.91 Å². The van der Waals surface area contributed by atoms with Gasteiger partial charge in [-0.1, -0.05) is 30.3 Å². The largest absolute Gasteiger partial charge is 0.348 e. The summed E-state index contributed by atoms with van der Waals surface area (Å²) in [5, 5.41) is 7.41. The summed E-state index contributed by atoms with van der Waals surface area (Å²) in [6, 6.07) is 11.6. The molecule has 0 spiro atoms. The maximum Gasteiger partial charge on any atom is 0.269 e. The molecular weight excluding hydrogens is 302 g/mol. The highest BCUT2D eigenvalue weighted by Gasteiger charge is 2.16. The second kappa shape index (κ2) is 7.04. The number of carbonyl (C=O) groups excluding carboxylic acids is 1. The molecule has 0 aliphatic carbocycles. The van der Waals surface area contributed by atoms with Crippen molar-refractivity contribution in [1.82, 2.24) is 25.1 Å². The van der Waals surface area contributed by atoms with Crippen molar-refractivity contribution in [2.45, 2.75) is 19.4 Å². The van der Waals surface area contributed by atoms with Gasteiger partial charge < -0.3 is 5.32 Å². The molecule has 0 fully saturated rings. The highest BCUT2D eigenvalue weighted by Crippen LogP contribution is 2.18. The Kier molecular flexibility index (Phi) is 4.65. The van der Waals surface area contributed by atoms with Crippen LogP contribution in [0.3, 0.4) is 0 Å². The Bertz CT molecular complexity index is 814. The number of amides is 1. The lowest BCUT2D eigenvalue weighted by Gasteiger charge is -2.13. The number of aromatic nitrogens is 4. The van der Waals surface area contributed by atoms with Crippen LogP contribution in [-0.2, 0) is 13.5 Å². The lowest BCUT2D eigenvalue weighted by Crippen LogP contribution is -2.35. The first kappa shape index (κ1) is 15.9. The third-order valence-corrected chi connectivity index (χ3v) is 3.69. The van der Waals surface area contributed by atoms with E-state index >= 15 is 0 Å². The Balaban J connectivity index is 1.70. The van der Waals surface area contributed by atoms with E-state index in [0.29, 0.717) is 12.1 Å². The summed E-state index contributed by atoms with van der Waals surface area (Å²) in [4.78, 5) is 20.8. The SMILES string of the molecule is C[C@@H](Cc1cnccn1)NC(=O)c1cc(-c2ccccc2)nn1C. The van der Waals surface area contributed by atoms with Crippen LogP contribution in [0.1, 0.15) is 23.1 Å². The van der Waals surface area contributed by atoms with Gasteiger partial charge in [-0.2, -0.15) is 5.10 Å². The van der Waals surface area contributed by atoms with Gasteiger partial charge in [0.05, 0.1) is 11.4 Å². The van der Waals surface area contributed by atoms with Crippen LogP contribution in [-0.4, -0.2) is 31.7 Å². The Morgan fingerprint density at radius 2 is 2.04 bits per heavy atom. The van der Waals surface area contributed by atoms with Gasteiger partial charge in [-0.3, -0.25) is 19.4 Å². The molecule has 0 saturated heterocycles. The van der Waals surface area contributed by atoms with Gasteiger partial charge in [0.25, 0.3) is 5.91 Å². The number of nitrogens with zero attached hydrogens (tertiary/aromatic N) is 4. The standard InChI is InChI=1S/C18H19N5O/c1-13(10-15-12-19-8-9-20-15)21-18(24)17-11-16(22-23(17)2)14-6-4-3-5-7-14/h3-9,11-13H,10H2,1-2H3,(H,21,24)/t13-/m0/s1. The Morgan fingerprint density at radius 1 is 1.25 bits per heavy atom. The number of benzene rings is 1. The van der Waals surface area contributed by atoms with E-state index in [-0.39, 0.29) is 11.9 Å². The third kappa shape index (κ3) is 3.65. The van der Waals surface area contributed by atoms with Gasteiger partial charge in [0.15, 0.2) is 0 Å². The van der Waals surface area contributed by atoms with Gasteiger partial charge >= 0.3 is 0 Å². The first-order valence-corrected chi connectivity index (χ1v) is 7.78. The normalized spacial score (nSPS) is 11.9. The van der Waals surface area contributed by atoms with Crippen molar-refractivity contribution in [2.75, 3.05) is 0 Å². The topological polar surface area (TPSA) is 72.7 Å². The minimum Gasteiger partial charge on any atom is -0.348 e. The molecule has 0 unspecified atom stereocenters. The molecule has 24 heavy (non-hydrogen) atoms. The fraction of sp³-hybridized carbons (Fsp3) is 0.222. The van der Waals surface area contributed by atoms with Gasteiger partial charge in [-0.25, -0.2) is 0 Å². The van der Waals surface area contributed by atoms with Gasteiger partial charge in [0.2, 0.25) is 0 Å². The zero-order valence-corrected chi connectivity index (χ0v) is 13.7. The number of hydrogen-bond acceptors (Lipinski definition) is 4. The maximum absolute atomic E-state index is 12.5. The molecule has 0 radical (unpaired) electrons. The quantitative estimate of drug-likeness (QED) is 0.782. The highest BCUT2D eigenvalue weighted by molar-refractivity contribution is 5.93. The summed E-state index contributed by atoms with van der Waals surface area (Å²) < 4.78 is 1.60. The molecule has 1 aromatic carbocycles. The summed E-state index contributed by atoms with van der Waals surface area (Å²) in [5.41, 5.74) is 3.14. The summed E-state index contributed by atoms with van der Waals surface area (Å²) in [5.74, 6) is -0.149. The van der Waals surface area contributed by atoms with E-state index in [1.165, 1.54) is 0 Å². The monoisotopic (exact) mass is 321 g/mol. The van der Waals surface area contributed by atoms with E-state index in [1.54, 1.807) is 36.4 Å². The molecular formula is C18H19N5O. The van der Waals surface area contributed by atoms with Gasteiger partial charge in [-0.15, -0.1) is 0 Å². The molecule has 3 aromatic rings. The predicted molar refractivity (Wildman–Crippen MR) is 91.3 cm³/mol. The summed E-state index contributed by atoms with van der Waals surface area (Å²) >= 11 is 0. The average molecular weight is 321 g/mol. The molecule has 1 amide bonds.